The Morgan fingerprint density at radius 1 is 1.15 bits per heavy atom. The first-order valence-corrected chi connectivity index (χ1v) is 12.6. The standard InChI is InChI=1S/C27H23F2N3O5.C2H6/c1-35-23-12-16(5-6-22(23)36-10-8-28)27(34)31-14-21(33)20-11-15-7-9-37-26(15)25(32-20)18-13-30-24-17(18)3-2-4-19(24)29;1-2/h2-6,11-13,30H,7-10,14H2,1H3,(H,31,34);1-2H3. The van der Waals surface area contributed by atoms with Crippen molar-refractivity contribution in [2.45, 2.75) is 20.3 Å². The minimum atomic E-state index is -0.657. The molecule has 4 aromatic rings. The molecule has 0 unspecified atom stereocenters. The van der Waals surface area contributed by atoms with Gasteiger partial charge in [0.1, 0.15) is 36.2 Å². The second kappa shape index (κ2) is 12.4. The molecule has 2 aromatic carbocycles. The number of fused-ring (bicyclic) bond motifs is 2. The van der Waals surface area contributed by atoms with E-state index in [0.29, 0.717) is 46.7 Å². The van der Waals surface area contributed by atoms with Crippen LogP contribution in [0.2, 0.25) is 0 Å². The van der Waals surface area contributed by atoms with Gasteiger partial charge >= 0.3 is 0 Å². The Hall–Kier alpha value is -4.47. The molecule has 8 nitrogen and oxygen atoms in total. The summed E-state index contributed by atoms with van der Waals surface area (Å²) in [4.78, 5) is 33.2. The van der Waals surface area contributed by atoms with Crippen LogP contribution in [0, 0.1) is 5.82 Å². The average molecular weight is 538 g/mol. The molecule has 39 heavy (non-hydrogen) atoms. The van der Waals surface area contributed by atoms with Gasteiger partial charge in [-0.05, 0) is 30.3 Å². The fourth-order valence-electron chi connectivity index (χ4n) is 4.26. The van der Waals surface area contributed by atoms with Gasteiger partial charge in [0, 0.05) is 34.7 Å². The van der Waals surface area contributed by atoms with Gasteiger partial charge < -0.3 is 24.5 Å². The number of ketones is 1. The number of nitrogens with zero attached hydrogens (tertiary/aromatic N) is 1. The summed E-state index contributed by atoms with van der Waals surface area (Å²) in [5.41, 5.74) is 2.63. The van der Waals surface area contributed by atoms with Gasteiger partial charge in [-0.1, -0.05) is 26.0 Å². The summed E-state index contributed by atoms with van der Waals surface area (Å²) in [7, 11) is 1.41. The van der Waals surface area contributed by atoms with Crippen molar-refractivity contribution in [3.8, 4) is 28.5 Å². The number of hydrogen-bond acceptors (Lipinski definition) is 6. The van der Waals surface area contributed by atoms with Gasteiger partial charge in [-0.25, -0.2) is 13.8 Å². The Morgan fingerprint density at radius 3 is 2.74 bits per heavy atom. The van der Waals surface area contributed by atoms with E-state index in [-0.39, 0.29) is 30.2 Å². The zero-order chi connectivity index (χ0) is 27.9. The lowest BCUT2D eigenvalue weighted by Crippen LogP contribution is -2.30. The highest BCUT2D eigenvalue weighted by Gasteiger charge is 2.25. The van der Waals surface area contributed by atoms with E-state index < -0.39 is 24.2 Å². The summed E-state index contributed by atoms with van der Waals surface area (Å²) in [6, 6.07) is 10.8. The topological polar surface area (TPSA) is 103 Å². The number of Topliss-reactive ketones (excluding diaryl/α,β-unsaturated/α-hetero) is 1. The Bertz CT molecular complexity index is 1500. The molecule has 204 valence electrons. The van der Waals surface area contributed by atoms with Gasteiger partial charge in [0.05, 0.1) is 25.8 Å². The predicted octanol–water partition coefficient (Wildman–Crippen LogP) is 5.30. The number of amides is 1. The first-order valence-electron chi connectivity index (χ1n) is 12.6. The van der Waals surface area contributed by atoms with Crippen LogP contribution in [0.15, 0.2) is 48.7 Å². The van der Waals surface area contributed by atoms with Gasteiger partial charge in [0.2, 0.25) is 0 Å². The predicted molar refractivity (Wildman–Crippen MR) is 143 cm³/mol. The summed E-state index contributed by atoms with van der Waals surface area (Å²) in [6.07, 6.45) is 2.24. The number of carbonyl (C=O) groups is 2. The van der Waals surface area contributed by atoms with E-state index in [2.05, 4.69) is 15.3 Å². The second-order valence-corrected chi connectivity index (χ2v) is 8.32. The summed E-state index contributed by atoms with van der Waals surface area (Å²) in [5, 5.41) is 3.22. The number of pyridine rings is 1. The van der Waals surface area contributed by atoms with Crippen LogP contribution in [0.4, 0.5) is 8.78 Å². The van der Waals surface area contributed by atoms with Crippen LogP contribution >= 0.6 is 0 Å². The maximum atomic E-state index is 14.2. The number of H-pyrrole nitrogens is 1. The van der Waals surface area contributed by atoms with E-state index in [1.807, 2.05) is 13.8 Å². The summed E-state index contributed by atoms with van der Waals surface area (Å²) < 4.78 is 42.9. The molecular weight excluding hydrogens is 508 g/mol. The molecule has 3 heterocycles. The van der Waals surface area contributed by atoms with Gasteiger partial charge in [-0.3, -0.25) is 9.59 Å². The summed E-state index contributed by atoms with van der Waals surface area (Å²) in [5.74, 6) is -0.150. The van der Waals surface area contributed by atoms with Crippen LogP contribution < -0.4 is 19.5 Å². The van der Waals surface area contributed by atoms with Crippen LogP contribution in [0.5, 0.6) is 17.2 Å². The van der Waals surface area contributed by atoms with Gasteiger partial charge in [0.25, 0.3) is 5.91 Å². The number of methoxy groups -OCH3 is 1. The third-order valence-corrected chi connectivity index (χ3v) is 6.04. The van der Waals surface area contributed by atoms with Crippen molar-refractivity contribution in [1.82, 2.24) is 15.3 Å². The highest BCUT2D eigenvalue weighted by atomic mass is 19.1. The fourth-order valence-corrected chi connectivity index (χ4v) is 4.26. The van der Waals surface area contributed by atoms with E-state index in [1.54, 1.807) is 24.4 Å². The molecule has 1 aliphatic rings. The maximum Gasteiger partial charge on any atom is 0.251 e. The molecule has 0 fully saturated rings. The summed E-state index contributed by atoms with van der Waals surface area (Å²) >= 11 is 0. The highest BCUT2D eigenvalue weighted by molar-refractivity contribution is 6.03. The minimum absolute atomic E-state index is 0.134. The molecular formula is C29H29F2N3O5. The quantitative estimate of drug-likeness (QED) is 0.281. The van der Waals surface area contributed by atoms with Crippen LogP contribution in [0.3, 0.4) is 0 Å². The lowest BCUT2D eigenvalue weighted by Gasteiger charge is -2.12. The Kier molecular flexibility index (Phi) is 8.75. The van der Waals surface area contributed by atoms with Crippen LogP contribution in [0.1, 0.15) is 40.3 Å². The van der Waals surface area contributed by atoms with Crippen LogP contribution in [-0.2, 0) is 6.42 Å². The third kappa shape index (κ3) is 5.69. The second-order valence-electron chi connectivity index (χ2n) is 8.32. The molecule has 10 heteroatoms. The van der Waals surface area contributed by atoms with Crippen molar-refractivity contribution in [3.63, 3.8) is 0 Å². The zero-order valence-electron chi connectivity index (χ0n) is 21.9. The molecule has 0 bridgehead atoms. The molecule has 1 aliphatic heterocycles. The lowest BCUT2D eigenvalue weighted by atomic mass is 10.0. The number of para-hydroxylation sites is 1. The largest absolute Gasteiger partial charge is 0.493 e. The number of carbonyl (C=O) groups excluding carboxylic acids is 2. The number of nitrogens with one attached hydrogen (secondary N) is 2. The van der Waals surface area contributed by atoms with E-state index in [1.165, 1.54) is 31.4 Å². The number of aromatic amines is 1. The monoisotopic (exact) mass is 537 g/mol. The van der Waals surface area contributed by atoms with E-state index >= 15 is 0 Å². The Labute approximate surface area is 224 Å². The molecule has 2 N–H and O–H groups in total. The molecule has 5 rings (SSSR count). The van der Waals surface area contributed by atoms with Crippen LogP contribution in [-0.4, -0.2) is 55.2 Å². The smallest absolute Gasteiger partial charge is 0.251 e. The first kappa shape index (κ1) is 27.6. The molecule has 1 amide bonds. The molecule has 0 saturated carbocycles. The maximum absolute atomic E-state index is 14.2. The molecule has 0 spiro atoms. The third-order valence-electron chi connectivity index (χ3n) is 6.04. The van der Waals surface area contributed by atoms with Gasteiger partial charge in [-0.15, -0.1) is 0 Å². The number of ether oxygens (including phenoxy) is 3. The summed E-state index contributed by atoms with van der Waals surface area (Å²) in [6.45, 7) is 3.36. The molecule has 0 radical (unpaired) electrons. The van der Waals surface area contributed by atoms with Crippen LogP contribution in [0.25, 0.3) is 22.2 Å². The number of hydrogen-bond donors (Lipinski definition) is 2. The SMILES string of the molecule is CC.COc1cc(C(=O)NCC(=O)c2cc3c(c(-c4c[nH]c5c(F)cccc45)n2)OCC3)ccc1OCCF. The van der Waals surface area contributed by atoms with E-state index in [4.69, 9.17) is 14.2 Å². The zero-order valence-corrected chi connectivity index (χ0v) is 21.9. The normalized spacial score (nSPS) is 11.7. The first-order chi connectivity index (χ1) is 19.0. The van der Waals surface area contributed by atoms with Crippen molar-refractivity contribution in [3.05, 3.63) is 71.3 Å². The van der Waals surface area contributed by atoms with Crippen molar-refractivity contribution in [2.75, 3.05) is 33.5 Å². The van der Waals surface area contributed by atoms with Crippen molar-refractivity contribution in [2.24, 2.45) is 0 Å². The Morgan fingerprint density at radius 2 is 1.97 bits per heavy atom. The number of halogens is 2. The van der Waals surface area contributed by atoms with Gasteiger partial charge in [0.15, 0.2) is 17.3 Å². The van der Waals surface area contributed by atoms with Crippen molar-refractivity contribution >= 4 is 22.6 Å². The number of rotatable bonds is 9. The number of alkyl halides is 1. The van der Waals surface area contributed by atoms with E-state index in [0.717, 1.165) is 5.56 Å². The lowest BCUT2D eigenvalue weighted by molar-refractivity contribution is 0.0902. The van der Waals surface area contributed by atoms with Crippen molar-refractivity contribution < 1.29 is 32.6 Å². The van der Waals surface area contributed by atoms with E-state index in [9.17, 15) is 18.4 Å². The minimum Gasteiger partial charge on any atom is -0.493 e. The average Bonchev–Trinajstić information content (AvgIpc) is 3.63. The molecule has 2 aromatic heterocycles. The molecule has 0 aliphatic carbocycles. The van der Waals surface area contributed by atoms with Crippen molar-refractivity contribution in [1.29, 1.82) is 0 Å². The highest BCUT2D eigenvalue weighted by Crippen LogP contribution is 2.39. The Balaban J connectivity index is 0.00000172. The molecule has 0 saturated heterocycles. The molecule has 0 atom stereocenters. The van der Waals surface area contributed by atoms with Gasteiger partial charge in [-0.2, -0.15) is 0 Å². The number of benzene rings is 2. The number of aromatic nitrogens is 2. The fraction of sp³-hybridized carbons (Fsp3) is 0.276.